The second-order valence-electron chi connectivity index (χ2n) is 13.2. The predicted molar refractivity (Wildman–Crippen MR) is 177 cm³/mol. The topological polar surface area (TPSA) is 9.23 Å². The highest BCUT2D eigenvalue weighted by molar-refractivity contribution is 5.74. The lowest BCUT2D eigenvalue weighted by molar-refractivity contribution is 0.189. The maximum absolute atomic E-state index is 15.4. The number of hydrogen-bond donors (Lipinski definition) is 0. The zero-order chi connectivity index (χ0) is 31.8. The quantitative estimate of drug-likeness (QED) is 0.136. The Labute approximate surface area is 267 Å². The summed E-state index contributed by atoms with van der Waals surface area (Å²) in [4.78, 5) is 0. The molecular formula is C40H48F4O. The largest absolute Gasteiger partial charge is 0.490 e. The van der Waals surface area contributed by atoms with Crippen LogP contribution >= 0.6 is 0 Å². The summed E-state index contributed by atoms with van der Waals surface area (Å²) in [5, 5.41) is 0. The van der Waals surface area contributed by atoms with E-state index in [-0.39, 0.29) is 16.9 Å². The van der Waals surface area contributed by atoms with Crippen LogP contribution in [0.5, 0.6) is 5.75 Å². The van der Waals surface area contributed by atoms with Gasteiger partial charge in [0.25, 0.3) is 0 Å². The third-order valence-electron chi connectivity index (χ3n) is 10.2. The third-order valence-corrected chi connectivity index (χ3v) is 10.2. The monoisotopic (exact) mass is 620 g/mol. The van der Waals surface area contributed by atoms with Crippen molar-refractivity contribution in [2.24, 2.45) is 17.8 Å². The molecule has 2 aliphatic carbocycles. The highest BCUT2D eigenvalue weighted by Gasteiger charge is 2.29. The molecule has 1 unspecified atom stereocenters. The van der Waals surface area contributed by atoms with Gasteiger partial charge in [-0.25, -0.2) is 13.2 Å². The van der Waals surface area contributed by atoms with Crippen molar-refractivity contribution in [2.45, 2.75) is 104 Å². The average Bonchev–Trinajstić information content (AvgIpc) is 3.07. The molecule has 0 bridgehead atoms. The Morgan fingerprint density at radius 3 is 1.82 bits per heavy atom. The molecule has 0 spiro atoms. The predicted octanol–water partition coefficient (Wildman–Crippen LogP) is 12.7. The first kappa shape index (κ1) is 33.3. The summed E-state index contributed by atoms with van der Waals surface area (Å²) in [7, 11) is 0. The van der Waals surface area contributed by atoms with E-state index in [1.54, 1.807) is 36.4 Å². The SMILES string of the molecule is CCCCCCCOc1ccc(-c2ccc(-c3ccc(C4=CCC(C5CCC(CCC)CC5)CC4)c(F)c3F)cc2)c(F)c1F. The fourth-order valence-corrected chi connectivity index (χ4v) is 7.49. The molecular weight excluding hydrogens is 572 g/mol. The summed E-state index contributed by atoms with van der Waals surface area (Å²) in [6.45, 7) is 4.75. The number of rotatable bonds is 13. The van der Waals surface area contributed by atoms with Crippen molar-refractivity contribution in [1.29, 1.82) is 0 Å². The van der Waals surface area contributed by atoms with Crippen LogP contribution in [-0.4, -0.2) is 6.61 Å². The molecule has 5 heteroatoms. The van der Waals surface area contributed by atoms with Gasteiger partial charge >= 0.3 is 0 Å². The molecule has 0 N–H and O–H groups in total. The van der Waals surface area contributed by atoms with Crippen molar-refractivity contribution in [2.75, 3.05) is 6.61 Å². The van der Waals surface area contributed by atoms with Crippen LogP contribution in [0.1, 0.15) is 109 Å². The second kappa shape index (κ2) is 16.0. The number of benzene rings is 3. The van der Waals surface area contributed by atoms with E-state index in [1.807, 2.05) is 0 Å². The summed E-state index contributed by atoms with van der Waals surface area (Å²) < 4.78 is 66.1. The Morgan fingerprint density at radius 1 is 0.600 bits per heavy atom. The Kier molecular flexibility index (Phi) is 11.8. The van der Waals surface area contributed by atoms with Gasteiger partial charge in [-0.2, -0.15) is 4.39 Å². The molecule has 0 heterocycles. The van der Waals surface area contributed by atoms with Crippen molar-refractivity contribution in [3.63, 3.8) is 0 Å². The van der Waals surface area contributed by atoms with E-state index in [0.717, 1.165) is 68.8 Å². The Hall–Kier alpha value is -3.08. The Bertz CT molecular complexity index is 1440. The zero-order valence-corrected chi connectivity index (χ0v) is 27.0. The van der Waals surface area contributed by atoms with Gasteiger partial charge in [0.2, 0.25) is 5.82 Å². The highest BCUT2D eigenvalue weighted by atomic mass is 19.2. The molecule has 2 aliphatic rings. The fourth-order valence-electron chi connectivity index (χ4n) is 7.49. The molecule has 0 radical (unpaired) electrons. The van der Waals surface area contributed by atoms with E-state index < -0.39 is 23.3 Å². The molecule has 3 aromatic rings. The van der Waals surface area contributed by atoms with Crippen LogP contribution < -0.4 is 4.74 Å². The maximum Gasteiger partial charge on any atom is 0.201 e. The van der Waals surface area contributed by atoms with E-state index in [4.69, 9.17) is 4.74 Å². The molecule has 0 aromatic heterocycles. The van der Waals surface area contributed by atoms with Crippen molar-refractivity contribution < 1.29 is 22.3 Å². The first-order chi connectivity index (χ1) is 21.9. The maximum atomic E-state index is 15.4. The molecule has 1 atom stereocenters. The summed E-state index contributed by atoms with van der Waals surface area (Å²) >= 11 is 0. The number of hydrogen-bond acceptors (Lipinski definition) is 1. The summed E-state index contributed by atoms with van der Waals surface area (Å²) in [5.74, 6) is -1.52. The van der Waals surface area contributed by atoms with Gasteiger partial charge in [0.1, 0.15) is 0 Å². The lowest BCUT2D eigenvalue weighted by Crippen LogP contribution is -2.23. The van der Waals surface area contributed by atoms with Crippen LogP contribution in [0, 0.1) is 41.0 Å². The molecule has 5 rings (SSSR count). The standard InChI is InChI=1S/C40H48F4O/c1-3-5-6-7-8-26-45-36-25-24-35(39(43)40(36)44)32-20-18-31(19-21-32)34-23-22-33(37(41)38(34)42)30-16-14-29(15-17-30)28-12-10-27(9-4-2)11-13-28/h16,18-25,27-29H,3-15,17,26H2,1-2H3. The van der Waals surface area contributed by atoms with E-state index in [9.17, 15) is 8.78 Å². The molecule has 1 saturated carbocycles. The summed E-state index contributed by atoms with van der Waals surface area (Å²) in [6, 6.07) is 12.7. The van der Waals surface area contributed by atoms with Crippen molar-refractivity contribution in [1.82, 2.24) is 0 Å². The smallest absolute Gasteiger partial charge is 0.201 e. The van der Waals surface area contributed by atoms with Crippen LogP contribution in [0.4, 0.5) is 17.6 Å². The van der Waals surface area contributed by atoms with Crippen molar-refractivity contribution in [3.05, 3.63) is 83.4 Å². The van der Waals surface area contributed by atoms with Crippen LogP contribution in [0.3, 0.4) is 0 Å². The third kappa shape index (κ3) is 8.02. The van der Waals surface area contributed by atoms with E-state index >= 15 is 8.78 Å². The van der Waals surface area contributed by atoms with Gasteiger partial charge in [0, 0.05) is 16.7 Å². The summed E-state index contributed by atoms with van der Waals surface area (Å²) in [5.41, 5.74) is 2.40. The zero-order valence-electron chi connectivity index (χ0n) is 27.0. The molecule has 45 heavy (non-hydrogen) atoms. The first-order valence-electron chi connectivity index (χ1n) is 17.3. The minimum absolute atomic E-state index is 0.0906. The lowest BCUT2D eigenvalue weighted by atomic mass is 9.70. The first-order valence-corrected chi connectivity index (χ1v) is 17.3. The van der Waals surface area contributed by atoms with Crippen LogP contribution in [0.25, 0.3) is 27.8 Å². The molecule has 0 amide bonds. The number of unbranched alkanes of at least 4 members (excludes halogenated alkanes) is 4. The molecule has 242 valence electrons. The normalized spacial score (nSPS) is 20.2. The Balaban J connectivity index is 1.22. The van der Waals surface area contributed by atoms with Crippen molar-refractivity contribution in [3.8, 4) is 28.0 Å². The molecule has 0 aliphatic heterocycles. The molecule has 0 saturated heterocycles. The highest BCUT2D eigenvalue weighted by Crippen LogP contribution is 2.43. The van der Waals surface area contributed by atoms with E-state index in [1.165, 1.54) is 50.7 Å². The number of ether oxygens (including phenoxy) is 1. The van der Waals surface area contributed by atoms with Crippen LogP contribution in [-0.2, 0) is 0 Å². The van der Waals surface area contributed by atoms with Gasteiger partial charge in [0.05, 0.1) is 6.61 Å². The lowest BCUT2D eigenvalue weighted by Gasteiger charge is -2.35. The van der Waals surface area contributed by atoms with Crippen LogP contribution in [0.2, 0.25) is 0 Å². The minimum atomic E-state index is -1.02. The van der Waals surface area contributed by atoms with Crippen LogP contribution in [0.15, 0.2) is 54.6 Å². The Morgan fingerprint density at radius 2 is 1.20 bits per heavy atom. The minimum Gasteiger partial charge on any atom is -0.490 e. The van der Waals surface area contributed by atoms with Crippen molar-refractivity contribution >= 4 is 5.57 Å². The fraction of sp³-hybridized carbons (Fsp3) is 0.500. The molecule has 3 aromatic carbocycles. The van der Waals surface area contributed by atoms with Gasteiger partial charge in [-0.1, -0.05) is 108 Å². The van der Waals surface area contributed by atoms with E-state index in [0.29, 0.717) is 29.2 Å². The second-order valence-corrected chi connectivity index (χ2v) is 13.2. The van der Waals surface area contributed by atoms with Gasteiger partial charge < -0.3 is 4.74 Å². The van der Waals surface area contributed by atoms with Gasteiger partial charge in [-0.05, 0) is 85.1 Å². The van der Waals surface area contributed by atoms with Gasteiger partial charge in [-0.15, -0.1) is 0 Å². The molecule has 1 fully saturated rings. The summed E-state index contributed by atoms with van der Waals surface area (Å²) in [6.07, 6.45) is 17.9. The number of halogens is 4. The van der Waals surface area contributed by atoms with E-state index in [2.05, 4.69) is 19.9 Å². The average molecular weight is 621 g/mol. The number of allylic oxidation sites excluding steroid dienone is 2. The molecule has 1 nitrogen and oxygen atoms in total. The van der Waals surface area contributed by atoms with Gasteiger partial charge in [0.15, 0.2) is 23.2 Å². The van der Waals surface area contributed by atoms with Gasteiger partial charge in [-0.3, -0.25) is 0 Å².